The molecule has 5 heteroatoms. The number of likely N-dealkylation sites (tertiary alicyclic amines) is 1. The zero-order valence-corrected chi connectivity index (χ0v) is 11.8. The molecule has 0 spiro atoms. The van der Waals surface area contributed by atoms with Crippen LogP contribution < -0.4 is 5.73 Å². The molecule has 3 rings (SSSR count). The quantitative estimate of drug-likeness (QED) is 0.878. The molecule has 0 aliphatic carbocycles. The lowest BCUT2D eigenvalue weighted by Gasteiger charge is -2.12. The largest absolute Gasteiger partial charge is 0.326 e. The molecule has 0 aromatic carbocycles. The number of aryl methyl sites for hydroxylation is 2. The summed E-state index contributed by atoms with van der Waals surface area (Å²) >= 11 is 0. The van der Waals surface area contributed by atoms with Crippen molar-refractivity contribution in [3.8, 4) is 0 Å². The van der Waals surface area contributed by atoms with Gasteiger partial charge in [0.2, 0.25) is 5.78 Å². The van der Waals surface area contributed by atoms with Gasteiger partial charge in [0.15, 0.2) is 0 Å². The number of nitrogens with zero attached hydrogens (tertiary/aromatic N) is 4. The minimum absolute atomic E-state index is 0.291. The Morgan fingerprint density at radius 2 is 2.11 bits per heavy atom. The highest BCUT2D eigenvalue weighted by Gasteiger charge is 2.26. The van der Waals surface area contributed by atoms with Gasteiger partial charge in [-0.15, -0.1) is 0 Å². The normalized spacial score (nSPS) is 24.4. The zero-order chi connectivity index (χ0) is 13.6. The van der Waals surface area contributed by atoms with Gasteiger partial charge >= 0.3 is 0 Å². The van der Waals surface area contributed by atoms with Crippen LogP contribution in [0.25, 0.3) is 5.78 Å². The third-order valence-electron chi connectivity index (χ3n) is 3.94. The van der Waals surface area contributed by atoms with Gasteiger partial charge in [-0.05, 0) is 25.8 Å². The van der Waals surface area contributed by atoms with Gasteiger partial charge in [-0.1, -0.05) is 6.92 Å². The third kappa shape index (κ3) is 2.35. The first-order chi connectivity index (χ1) is 9.02. The average molecular weight is 259 g/mol. The maximum Gasteiger partial charge on any atom is 0.234 e. The molecule has 5 nitrogen and oxygen atoms in total. The molecule has 1 aliphatic heterocycles. The van der Waals surface area contributed by atoms with Gasteiger partial charge in [-0.3, -0.25) is 9.30 Å². The zero-order valence-electron chi connectivity index (χ0n) is 11.8. The van der Waals surface area contributed by atoms with Gasteiger partial charge < -0.3 is 5.73 Å². The number of imidazole rings is 1. The third-order valence-corrected chi connectivity index (χ3v) is 3.94. The van der Waals surface area contributed by atoms with Crippen molar-refractivity contribution in [2.45, 2.75) is 33.4 Å². The van der Waals surface area contributed by atoms with Crippen LogP contribution in [-0.4, -0.2) is 38.4 Å². The molecular weight excluding hydrogens is 238 g/mol. The van der Waals surface area contributed by atoms with Gasteiger partial charge in [-0.2, -0.15) is 0 Å². The standard InChI is InChI=1S/C14H21N5/c1-9-5-18(8-13(9)15)6-12-7-19-11(3)4-10(2)16-14(19)17-12/h4,7,9,13H,5-6,8,15H2,1-3H3. The van der Waals surface area contributed by atoms with E-state index in [9.17, 15) is 0 Å². The first kappa shape index (κ1) is 12.6. The smallest absolute Gasteiger partial charge is 0.234 e. The predicted octanol–water partition coefficient (Wildman–Crippen LogP) is 1.13. The molecular formula is C14H21N5. The Kier molecular flexibility index (Phi) is 3.03. The molecule has 19 heavy (non-hydrogen) atoms. The van der Waals surface area contributed by atoms with Crippen LogP contribution in [0.3, 0.4) is 0 Å². The van der Waals surface area contributed by atoms with Crippen LogP contribution in [0.1, 0.15) is 24.0 Å². The van der Waals surface area contributed by atoms with Crippen molar-refractivity contribution in [1.82, 2.24) is 19.3 Å². The van der Waals surface area contributed by atoms with Crippen molar-refractivity contribution in [3.63, 3.8) is 0 Å². The highest BCUT2D eigenvalue weighted by molar-refractivity contribution is 5.34. The monoisotopic (exact) mass is 259 g/mol. The first-order valence-corrected chi connectivity index (χ1v) is 6.83. The summed E-state index contributed by atoms with van der Waals surface area (Å²) in [4.78, 5) is 11.5. The predicted molar refractivity (Wildman–Crippen MR) is 74.9 cm³/mol. The van der Waals surface area contributed by atoms with Crippen molar-refractivity contribution in [2.24, 2.45) is 11.7 Å². The lowest BCUT2D eigenvalue weighted by molar-refractivity contribution is 0.315. The van der Waals surface area contributed by atoms with Crippen LogP contribution >= 0.6 is 0 Å². The second-order valence-corrected chi connectivity index (χ2v) is 5.78. The molecule has 102 valence electrons. The number of fused-ring (bicyclic) bond motifs is 1. The minimum Gasteiger partial charge on any atom is -0.326 e. The summed E-state index contributed by atoms with van der Waals surface area (Å²) in [6.45, 7) is 9.17. The molecule has 2 aromatic heterocycles. The SMILES string of the molecule is Cc1cc(C)n2cc(CN3CC(C)C(N)C3)nc2n1. The molecule has 0 saturated carbocycles. The van der Waals surface area contributed by atoms with Crippen LogP contribution in [0.5, 0.6) is 0 Å². The molecule has 3 heterocycles. The Balaban J connectivity index is 1.84. The number of rotatable bonds is 2. The van der Waals surface area contributed by atoms with Crippen molar-refractivity contribution in [3.05, 3.63) is 29.3 Å². The number of aromatic nitrogens is 3. The summed E-state index contributed by atoms with van der Waals surface area (Å²) < 4.78 is 2.06. The highest BCUT2D eigenvalue weighted by Crippen LogP contribution is 2.17. The van der Waals surface area contributed by atoms with E-state index in [0.29, 0.717) is 12.0 Å². The fraction of sp³-hybridized carbons (Fsp3) is 0.571. The van der Waals surface area contributed by atoms with Gasteiger partial charge in [0.1, 0.15) is 0 Å². The molecule has 2 unspecified atom stereocenters. The van der Waals surface area contributed by atoms with E-state index >= 15 is 0 Å². The van der Waals surface area contributed by atoms with Gasteiger partial charge in [0.05, 0.1) is 5.69 Å². The number of hydrogen-bond donors (Lipinski definition) is 1. The van der Waals surface area contributed by atoms with E-state index < -0.39 is 0 Å². The summed E-state index contributed by atoms with van der Waals surface area (Å²) in [6.07, 6.45) is 2.09. The summed E-state index contributed by atoms with van der Waals surface area (Å²) in [5.41, 5.74) is 9.32. The first-order valence-electron chi connectivity index (χ1n) is 6.83. The van der Waals surface area contributed by atoms with Crippen LogP contribution in [0.15, 0.2) is 12.3 Å². The Labute approximate surface area is 113 Å². The lowest BCUT2D eigenvalue weighted by atomic mass is 10.1. The summed E-state index contributed by atoms with van der Waals surface area (Å²) in [5, 5.41) is 0. The molecule has 0 amide bonds. The van der Waals surface area contributed by atoms with E-state index in [1.165, 1.54) is 5.69 Å². The maximum atomic E-state index is 6.06. The van der Waals surface area contributed by atoms with Crippen LogP contribution in [0.2, 0.25) is 0 Å². The summed E-state index contributed by atoms with van der Waals surface area (Å²) in [6, 6.07) is 2.37. The van der Waals surface area contributed by atoms with Crippen molar-refractivity contribution >= 4 is 5.78 Å². The fourth-order valence-corrected chi connectivity index (χ4v) is 2.85. The minimum atomic E-state index is 0.291. The van der Waals surface area contributed by atoms with E-state index in [2.05, 4.69) is 45.4 Å². The Bertz CT molecular complexity index is 593. The van der Waals surface area contributed by atoms with E-state index in [-0.39, 0.29) is 0 Å². The van der Waals surface area contributed by atoms with Crippen LogP contribution in [0.4, 0.5) is 0 Å². The molecule has 0 radical (unpaired) electrons. The highest BCUT2D eigenvalue weighted by atomic mass is 15.2. The topological polar surface area (TPSA) is 59.5 Å². The molecule has 2 aromatic rings. The molecule has 2 N–H and O–H groups in total. The van der Waals surface area contributed by atoms with E-state index in [1.54, 1.807) is 0 Å². The summed E-state index contributed by atoms with van der Waals surface area (Å²) in [5.74, 6) is 1.36. The van der Waals surface area contributed by atoms with E-state index in [1.807, 2.05) is 6.92 Å². The van der Waals surface area contributed by atoms with Crippen molar-refractivity contribution in [2.75, 3.05) is 13.1 Å². The van der Waals surface area contributed by atoms with Crippen LogP contribution in [-0.2, 0) is 6.54 Å². The molecule has 0 bridgehead atoms. The molecule has 1 saturated heterocycles. The van der Waals surface area contributed by atoms with Crippen molar-refractivity contribution in [1.29, 1.82) is 0 Å². The second kappa shape index (κ2) is 4.58. The molecule has 1 fully saturated rings. The maximum absolute atomic E-state index is 6.06. The molecule has 1 aliphatic rings. The van der Waals surface area contributed by atoms with E-state index in [0.717, 1.165) is 36.8 Å². The Hall–Kier alpha value is -1.46. The van der Waals surface area contributed by atoms with Gasteiger partial charge in [0.25, 0.3) is 0 Å². The van der Waals surface area contributed by atoms with Crippen LogP contribution in [0, 0.1) is 19.8 Å². The van der Waals surface area contributed by atoms with Crippen molar-refractivity contribution < 1.29 is 0 Å². The van der Waals surface area contributed by atoms with Gasteiger partial charge in [-0.25, -0.2) is 9.97 Å². The number of nitrogens with two attached hydrogens (primary N) is 1. The van der Waals surface area contributed by atoms with Gasteiger partial charge in [0, 0.05) is 43.3 Å². The lowest BCUT2D eigenvalue weighted by Crippen LogP contribution is -2.28. The Morgan fingerprint density at radius 3 is 2.79 bits per heavy atom. The Morgan fingerprint density at radius 1 is 1.32 bits per heavy atom. The van der Waals surface area contributed by atoms with E-state index in [4.69, 9.17) is 5.73 Å². The second-order valence-electron chi connectivity index (χ2n) is 5.78. The molecule has 2 atom stereocenters. The summed E-state index contributed by atoms with van der Waals surface area (Å²) in [7, 11) is 0. The average Bonchev–Trinajstić information content (AvgIpc) is 2.83. The number of hydrogen-bond acceptors (Lipinski definition) is 4. The fourth-order valence-electron chi connectivity index (χ4n) is 2.85.